The molecule has 3 saturated heterocycles. The first-order valence-electron chi connectivity index (χ1n) is 10.3. The van der Waals surface area contributed by atoms with Crippen LogP contribution in [-0.2, 0) is 11.3 Å². The fraction of sp³-hybridized carbons (Fsp3) is 0.700. The van der Waals surface area contributed by atoms with E-state index in [9.17, 15) is 0 Å². The largest absolute Gasteiger partial charge is 0.379 e. The van der Waals surface area contributed by atoms with E-state index in [1.807, 2.05) is 13.2 Å². The van der Waals surface area contributed by atoms with Gasteiger partial charge in [0.05, 0.1) is 13.2 Å². The van der Waals surface area contributed by atoms with Crippen LogP contribution < -0.4 is 10.2 Å². The van der Waals surface area contributed by atoms with E-state index in [1.165, 1.54) is 24.8 Å². The number of guanidine groups is 1. The topological polar surface area (TPSA) is 56.2 Å². The molecule has 1 aromatic heterocycles. The summed E-state index contributed by atoms with van der Waals surface area (Å²) in [5, 5.41) is 3.52. The number of hydrogen-bond donors (Lipinski definition) is 1. The Kier molecular flexibility index (Phi) is 8.16. The molecule has 1 aromatic rings. The second-order valence-electron chi connectivity index (χ2n) is 7.66. The third-order valence-electron chi connectivity index (χ3n) is 5.93. The number of anilines is 1. The number of ether oxygens (including phenoxy) is 1. The Labute approximate surface area is 185 Å². The molecule has 0 aliphatic carbocycles. The van der Waals surface area contributed by atoms with Gasteiger partial charge in [-0.3, -0.25) is 9.89 Å². The molecular weight excluding hydrogens is 467 g/mol. The standard InChI is InChI=1S/C20H32N6O.HI/c1-21-20(26-9-6-18(16-26)24-10-12-27-13-11-24)23-15-17-4-5-19(22-14-17)25-7-2-3-8-25;/h4-5,14,18H,2-3,6-13,15-16H2,1H3,(H,21,23);1H. The van der Waals surface area contributed by atoms with E-state index in [2.05, 4.69) is 42.1 Å². The number of morpholine rings is 1. The molecule has 0 saturated carbocycles. The van der Waals surface area contributed by atoms with Crippen molar-refractivity contribution in [3.8, 4) is 0 Å². The lowest BCUT2D eigenvalue weighted by Gasteiger charge is -2.32. The summed E-state index contributed by atoms with van der Waals surface area (Å²) in [6.45, 7) is 8.98. The first-order valence-corrected chi connectivity index (χ1v) is 10.3. The number of nitrogens with one attached hydrogen (secondary N) is 1. The van der Waals surface area contributed by atoms with Crippen molar-refractivity contribution in [3.05, 3.63) is 23.9 Å². The van der Waals surface area contributed by atoms with Crippen LogP contribution in [0.15, 0.2) is 23.3 Å². The van der Waals surface area contributed by atoms with Gasteiger partial charge in [0.25, 0.3) is 0 Å². The molecule has 0 aromatic carbocycles. The molecule has 3 fully saturated rings. The van der Waals surface area contributed by atoms with Crippen molar-refractivity contribution in [1.29, 1.82) is 0 Å². The molecule has 0 bridgehead atoms. The summed E-state index contributed by atoms with van der Waals surface area (Å²) < 4.78 is 5.48. The molecule has 4 rings (SSSR count). The van der Waals surface area contributed by atoms with E-state index in [0.29, 0.717) is 6.04 Å². The van der Waals surface area contributed by atoms with Crippen molar-refractivity contribution < 1.29 is 4.74 Å². The Hall–Kier alpha value is -1.13. The second-order valence-corrected chi connectivity index (χ2v) is 7.66. The van der Waals surface area contributed by atoms with Crippen molar-refractivity contribution >= 4 is 35.8 Å². The molecule has 7 nitrogen and oxygen atoms in total. The summed E-state index contributed by atoms with van der Waals surface area (Å²) in [5.41, 5.74) is 1.20. The maximum atomic E-state index is 5.48. The van der Waals surface area contributed by atoms with Gasteiger partial charge in [-0.15, -0.1) is 24.0 Å². The molecule has 8 heteroatoms. The Bertz CT molecular complexity index is 628. The predicted octanol–water partition coefficient (Wildman–Crippen LogP) is 1.78. The van der Waals surface area contributed by atoms with E-state index in [1.54, 1.807) is 0 Å². The van der Waals surface area contributed by atoms with E-state index in [4.69, 9.17) is 4.74 Å². The number of pyridine rings is 1. The number of aromatic nitrogens is 1. The summed E-state index contributed by atoms with van der Waals surface area (Å²) in [6.07, 6.45) is 5.76. The lowest BCUT2D eigenvalue weighted by molar-refractivity contribution is 0.0195. The van der Waals surface area contributed by atoms with Gasteiger partial charge in [0.1, 0.15) is 5.82 Å². The average molecular weight is 500 g/mol. The first-order chi connectivity index (χ1) is 13.3. The Balaban J connectivity index is 0.00000225. The van der Waals surface area contributed by atoms with Crippen molar-refractivity contribution in [3.63, 3.8) is 0 Å². The summed E-state index contributed by atoms with van der Waals surface area (Å²) in [4.78, 5) is 16.5. The highest BCUT2D eigenvalue weighted by Crippen LogP contribution is 2.19. The Morgan fingerprint density at radius 2 is 1.96 bits per heavy atom. The van der Waals surface area contributed by atoms with Crippen LogP contribution in [0.2, 0.25) is 0 Å². The van der Waals surface area contributed by atoms with Gasteiger partial charge < -0.3 is 19.9 Å². The van der Waals surface area contributed by atoms with Gasteiger partial charge in [-0.2, -0.15) is 0 Å². The van der Waals surface area contributed by atoms with Crippen LogP contribution in [0.3, 0.4) is 0 Å². The minimum atomic E-state index is 0. The van der Waals surface area contributed by atoms with Crippen LogP contribution in [0.4, 0.5) is 5.82 Å². The third kappa shape index (κ3) is 5.27. The molecule has 156 valence electrons. The molecular formula is C20H33IN6O. The molecule has 1 unspecified atom stereocenters. The molecule has 3 aliphatic heterocycles. The van der Waals surface area contributed by atoms with Crippen LogP contribution in [0.1, 0.15) is 24.8 Å². The second kappa shape index (κ2) is 10.6. The van der Waals surface area contributed by atoms with Gasteiger partial charge in [-0.05, 0) is 30.9 Å². The maximum Gasteiger partial charge on any atom is 0.193 e. The molecule has 4 heterocycles. The highest BCUT2D eigenvalue weighted by atomic mass is 127. The number of likely N-dealkylation sites (tertiary alicyclic amines) is 1. The zero-order valence-electron chi connectivity index (χ0n) is 16.8. The van der Waals surface area contributed by atoms with Gasteiger partial charge in [-0.25, -0.2) is 4.98 Å². The number of rotatable bonds is 4. The van der Waals surface area contributed by atoms with E-state index < -0.39 is 0 Å². The molecule has 28 heavy (non-hydrogen) atoms. The molecule has 0 radical (unpaired) electrons. The van der Waals surface area contributed by atoms with Crippen molar-refractivity contribution in [2.75, 3.05) is 64.4 Å². The molecule has 1 N–H and O–H groups in total. The third-order valence-corrected chi connectivity index (χ3v) is 5.93. The van der Waals surface area contributed by atoms with Gasteiger partial charge in [0.15, 0.2) is 5.96 Å². The Morgan fingerprint density at radius 1 is 1.18 bits per heavy atom. The number of hydrogen-bond acceptors (Lipinski definition) is 5. The number of aliphatic imine (C=N–C) groups is 1. The van der Waals surface area contributed by atoms with Crippen LogP contribution >= 0.6 is 24.0 Å². The molecule has 0 spiro atoms. The lowest BCUT2D eigenvalue weighted by Crippen LogP contribution is -2.46. The maximum absolute atomic E-state index is 5.48. The summed E-state index contributed by atoms with van der Waals surface area (Å²) >= 11 is 0. The smallest absolute Gasteiger partial charge is 0.193 e. The highest BCUT2D eigenvalue weighted by Gasteiger charge is 2.30. The minimum Gasteiger partial charge on any atom is -0.379 e. The summed E-state index contributed by atoms with van der Waals surface area (Å²) in [6, 6.07) is 4.95. The van der Waals surface area contributed by atoms with Crippen molar-refractivity contribution in [2.45, 2.75) is 31.8 Å². The van der Waals surface area contributed by atoms with E-state index in [0.717, 1.165) is 70.8 Å². The van der Waals surface area contributed by atoms with Gasteiger partial charge in [-0.1, -0.05) is 6.07 Å². The van der Waals surface area contributed by atoms with E-state index >= 15 is 0 Å². The first kappa shape index (κ1) is 21.6. The Morgan fingerprint density at radius 3 is 2.64 bits per heavy atom. The zero-order valence-corrected chi connectivity index (χ0v) is 19.2. The van der Waals surface area contributed by atoms with Crippen LogP contribution in [0, 0.1) is 0 Å². The van der Waals surface area contributed by atoms with Crippen LogP contribution in [-0.4, -0.2) is 86.3 Å². The number of halogens is 1. The predicted molar refractivity (Wildman–Crippen MR) is 124 cm³/mol. The summed E-state index contributed by atoms with van der Waals surface area (Å²) in [7, 11) is 1.87. The van der Waals surface area contributed by atoms with Gasteiger partial charge >= 0.3 is 0 Å². The van der Waals surface area contributed by atoms with E-state index in [-0.39, 0.29) is 24.0 Å². The SMILES string of the molecule is CN=C(NCc1ccc(N2CCCC2)nc1)N1CCC(N2CCOCC2)C1.I. The lowest BCUT2D eigenvalue weighted by atomic mass is 10.2. The van der Waals surface area contributed by atoms with Crippen molar-refractivity contribution in [1.82, 2.24) is 20.1 Å². The summed E-state index contributed by atoms with van der Waals surface area (Å²) in [5.74, 6) is 2.10. The quantitative estimate of drug-likeness (QED) is 0.387. The fourth-order valence-electron chi connectivity index (χ4n) is 4.34. The molecule has 0 amide bonds. The monoisotopic (exact) mass is 500 g/mol. The zero-order chi connectivity index (χ0) is 18.5. The van der Waals surface area contributed by atoms with Gasteiger partial charge in [0, 0.05) is 65.1 Å². The van der Waals surface area contributed by atoms with Crippen LogP contribution in [0.25, 0.3) is 0 Å². The highest BCUT2D eigenvalue weighted by molar-refractivity contribution is 14.0. The minimum absolute atomic E-state index is 0. The molecule has 1 atom stereocenters. The number of nitrogens with zero attached hydrogens (tertiary/aromatic N) is 5. The fourth-order valence-corrected chi connectivity index (χ4v) is 4.34. The van der Waals surface area contributed by atoms with Gasteiger partial charge in [0.2, 0.25) is 0 Å². The van der Waals surface area contributed by atoms with Crippen LogP contribution in [0.5, 0.6) is 0 Å². The molecule has 3 aliphatic rings. The normalized spacial score (nSPS) is 23.8. The van der Waals surface area contributed by atoms with Crippen molar-refractivity contribution in [2.24, 2.45) is 4.99 Å². The average Bonchev–Trinajstić information content (AvgIpc) is 3.42.